The van der Waals surface area contributed by atoms with Crippen molar-refractivity contribution in [3.8, 4) is 5.75 Å². The lowest BCUT2D eigenvalue weighted by Gasteiger charge is -2.26. The van der Waals surface area contributed by atoms with E-state index in [1.54, 1.807) is 43.5 Å². The number of anilines is 1. The van der Waals surface area contributed by atoms with Gasteiger partial charge in [0.1, 0.15) is 5.75 Å². The molecule has 0 aliphatic heterocycles. The molecule has 0 heterocycles. The van der Waals surface area contributed by atoms with Crippen LogP contribution in [0.4, 0.5) is 5.69 Å². The summed E-state index contributed by atoms with van der Waals surface area (Å²) in [4.78, 5) is 12.5. The van der Waals surface area contributed by atoms with Crippen molar-refractivity contribution in [2.45, 2.75) is 43.5 Å². The van der Waals surface area contributed by atoms with E-state index in [1.807, 2.05) is 0 Å². The zero-order valence-electron chi connectivity index (χ0n) is 16.1. The highest BCUT2D eigenvalue weighted by Crippen LogP contribution is 2.24. The number of hydrogen-bond donors (Lipinski definition) is 2. The van der Waals surface area contributed by atoms with Gasteiger partial charge in [-0.05, 0) is 80.1 Å². The topological polar surface area (TPSA) is 84.5 Å². The summed E-state index contributed by atoms with van der Waals surface area (Å²) < 4.78 is 32.7. The van der Waals surface area contributed by atoms with Gasteiger partial charge >= 0.3 is 0 Å². The standard InChI is InChI=1S/C21H26N2O4S/c1-15-3-7-17(8-4-15)22-21(24)16-5-13-20(14-6-16)28(25,26)23-18-9-11-19(27-2)12-10-18/h5-6,9-15,17,23H,3-4,7-8H2,1-2H3,(H,22,24). The average Bonchev–Trinajstić information content (AvgIpc) is 2.70. The van der Waals surface area contributed by atoms with E-state index in [0.29, 0.717) is 17.0 Å². The molecule has 2 aromatic carbocycles. The fraction of sp³-hybridized carbons (Fsp3) is 0.381. The van der Waals surface area contributed by atoms with Gasteiger partial charge in [0.2, 0.25) is 0 Å². The van der Waals surface area contributed by atoms with Crippen LogP contribution in [0, 0.1) is 5.92 Å². The first-order valence-electron chi connectivity index (χ1n) is 9.45. The highest BCUT2D eigenvalue weighted by Gasteiger charge is 2.21. The maximum atomic E-state index is 12.5. The van der Waals surface area contributed by atoms with Gasteiger partial charge in [0, 0.05) is 17.3 Å². The minimum absolute atomic E-state index is 0.103. The van der Waals surface area contributed by atoms with Crippen LogP contribution in [-0.4, -0.2) is 27.5 Å². The fourth-order valence-corrected chi connectivity index (χ4v) is 4.39. The smallest absolute Gasteiger partial charge is 0.261 e. The molecule has 0 aromatic heterocycles. The summed E-state index contributed by atoms with van der Waals surface area (Å²) in [5, 5.41) is 3.05. The van der Waals surface area contributed by atoms with Gasteiger partial charge in [-0.1, -0.05) is 6.92 Å². The molecule has 0 radical (unpaired) electrons. The molecule has 2 aromatic rings. The molecule has 0 bridgehead atoms. The summed E-state index contributed by atoms with van der Waals surface area (Å²) in [6.07, 6.45) is 4.23. The maximum Gasteiger partial charge on any atom is 0.261 e. The van der Waals surface area contributed by atoms with Gasteiger partial charge in [0.05, 0.1) is 12.0 Å². The zero-order valence-corrected chi connectivity index (χ0v) is 17.0. The van der Waals surface area contributed by atoms with Crippen LogP contribution >= 0.6 is 0 Å². The Kier molecular flexibility index (Phi) is 6.24. The summed E-state index contributed by atoms with van der Waals surface area (Å²) >= 11 is 0. The van der Waals surface area contributed by atoms with Gasteiger partial charge < -0.3 is 10.1 Å². The molecule has 7 heteroatoms. The van der Waals surface area contributed by atoms with Gasteiger partial charge in [-0.3, -0.25) is 9.52 Å². The average molecular weight is 403 g/mol. The second-order valence-electron chi connectivity index (χ2n) is 7.29. The molecular formula is C21H26N2O4S. The normalized spacial score (nSPS) is 19.6. The van der Waals surface area contributed by atoms with E-state index < -0.39 is 10.0 Å². The van der Waals surface area contributed by atoms with E-state index in [-0.39, 0.29) is 16.8 Å². The number of amides is 1. The van der Waals surface area contributed by atoms with Crippen LogP contribution in [0.1, 0.15) is 43.0 Å². The van der Waals surface area contributed by atoms with Gasteiger partial charge in [-0.25, -0.2) is 8.42 Å². The molecule has 3 rings (SSSR count). The Morgan fingerprint density at radius 2 is 1.57 bits per heavy atom. The van der Waals surface area contributed by atoms with Crippen molar-refractivity contribution in [2.75, 3.05) is 11.8 Å². The number of rotatable bonds is 6. The number of nitrogens with one attached hydrogen (secondary N) is 2. The highest BCUT2D eigenvalue weighted by molar-refractivity contribution is 7.92. The van der Waals surface area contributed by atoms with E-state index in [2.05, 4.69) is 17.0 Å². The third kappa shape index (κ3) is 5.04. The Hall–Kier alpha value is -2.54. The van der Waals surface area contributed by atoms with Crippen LogP contribution in [0.3, 0.4) is 0 Å². The number of benzene rings is 2. The molecule has 6 nitrogen and oxygen atoms in total. The van der Waals surface area contributed by atoms with E-state index >= 15 is 0 Å². The van der Waals surface area contributed by atoms with E-state index in [0.717, 1.165) is 31.6 Å². The molecule has 1 saturated carbocycles. The van der Waals surface area contributed by atoms with Crippen LogP contribution in [0.5, 0.6) is 5.75 Å². The first-order chi connectivity index (χ1) is 13.4. The fourth-order valence-electron chi connectivity index (χ4n) is 3.33. The molecule has 0 spiro atoms. The SMILES string of the molecule is COc1ccc(NS(=O)(=O)c2ccc(C(=O)NC3CCC(C)CC3)cc2)cc1. The summed E-state index contributed by atoms with van der Waals surface area (Å²) in [5.41, 5.74) is 0.899. The lowest BCUT2D eigenvalue weighted by molar-refractivity contribution is 0.0923. The summed E-state index contributed by atoms with van der Waals surface area (Å²) in [7, 11) is -2.18. The van der Waals surface area contributed by atoms with Crippen molar-refractivity contribution < 1.29 is 17.9 Å². The Bertz CT molecular complexity index is 900. The molecule has 1 aliphatic carbocycles. The minimum atomic E-state index is -3.73. The van der Waals surface area contributed by atoms with E-state index in [4.69, 9.17) is 4.74 Å². The monoisotopic (exact) mass is 402 g/mol. The van der Waals surface area contributed by atoms with Crippen LogP contribution in [0.2, 0.25) is 0 Å². The number of ether oxygens (including phenoxy) is 1. The highest BCUT2D eigenvalue weighted by atomic mass is 32.2. The van der Waals surface area contributed by atoms with E-state index in [1.165, 1.54) is 12.1 Å². The Morgan fingerprint density at radius 3 is 2.14 bits per heavy atom. The minimum Gasteiger partial charge on any atom is -0.497 e. The van der Waals surface area contributed by atoms with Crippen molar-refractivity contribution in [1.82, 2.24) is 5.32 Å². The molecule has 1 fully saturated rings. The Balaban J connectivity index is 1.64. The molecule has 0 saturated heterocycles. The van der Waals surface area contributed by atoms with Gasteiger partial charge in [-0.15, -0.1) is 0 Å². The zero-order chi connectivity index (χ0) is 20.1. The van der Waals surface area contributed by atoms with Gasteiger partial charge in [0.25, 0.3) is 15.9 Å². The number of hydrogen-bond acceptors (Lipinski definition) is 4. The van der Waals surface area contributed by atoms with Gasteiger partial charge in [0.15, 0.2) is 0 Å². The van der Waals surface area contributed by atoms with Crippen LogP contribution < -0.4 is 14.8 Å². The van der Waals surface area contributed by atoms with Crippen LogP contribution in [-0.2, 0) is 10.0 Å². The first kappa shape index (κ1) is 20.2. The maximum absolute atomic E-state index is 12.5. The van der Waals surface area contributed by atoms with Crippen molar-refractivity contribution in [2.24, 2.45) is 5.92 Å². The number of carbonyl (C=O) groups is 1. The Labute approximate surface area is 166 Å². The summed E-state index contributed by atoms with van der Waals surface area (Å²) in [6, 6.07) is 12.8. The van der Waals surface area contributed by atoms with Crippen LogP contribution in [0.15, 0.2) is 53.4 Å². The van der Waals surface area contributed by atoms with Crippen molar-refractivity contribution >= 4 is 21.6 Å². The Morgan fingerprint density at radius 1 is 0.964 bits per heavy atom. The molecule has 0 unspecified atom stereocenters. The second kappa shape index (κ2) is 8.65. The molecule has 1 amide bonds. The first-order valence-corrected chi connectivity index (χ1v) is 10.9. The molecule has 2 N–H and O–H groups in total. The molecule has 0 atom stereocenters. The number of carbonyl (C=O) groups excluding carboxylic acids is 1. The number of methoxy groups -OCH3 is 1. The van der Waals surface area contributed by atoms with Crippen molar-refractivity contribution in [3.63, 3.8) is 0 Å². The predicted octanol–water partition coefficient (Wildman–Crippen LogP) is 3.80. The van der Waals surface area contributed by atoms with Crippen molar-refractivity contribution in [1.29, 1.82) is 0 Å². The molecular weight excluding hydrogens is 376 g/mol. The summed E-state index contributed by atoms with van der Waals surface area (Å²) in [5.74, 6) is 1.20. The van der Waals surface area contributed by atoms with Crippen LogP contribution in [0.25, 0.3) is 0 Å². The lowest BCUT2D eigenvalue weighted by atomic mass is 9.87. The van der Waals surface area contributed by atoms with Gasteiger partial charge in [-0.2, -0.15) is 0 Å². The lowest BCUT2D eigenvalue weighted by Crippen LogP contribution is -2.37. The quantitative estimate of drug-likeness (QED) is 0.770. The third-order valence-electron chi connectivity index (χ3n) is 5.12. The van der Waals surface area contributed by atoms with Crippen molar-refractivity contribution in [3.05, 3.63) is 54.1 Å². The number of sulfonamides is 1. The third-order valence-corrected chi connectivity index (χ3v) is 6.52. The molecule has 1 aliphatic rings. The van der Waals surface area contributed by atoms with E-state index in [9.17, 15) is 13.2 Å². The largest absolute Gasteiger partial charge is 0.497 e. The predicted molar refractivity (Wildman–Crippen MR) is 109 cm³/mol. The summed E-state index contributed by atoms with van der Waals surface area (Å²) in [6.45, 7) is 2.23. The molecule has 28 heavy (non-hydrogen) atoms. The second-order valence-corrected chi connectivity index (χ2v) is 8.97. The molecule has 150 valence electrons.